The van der Waals surface area contributed by atoms with E-state index in [2.05, 4.69) is 29.5 Å². The van der Waals surface area contributed by atoms with Crippen LogP contribution in [-0.4, -0.2) is 18.1 Å². The van der Waals surface area contributed by atoms with E-state index in [-0.39, 0.29) is 5.82 Å². The molecule has 2 rings (SSSR count). The average Bonchev–Trinajstić information content (AvgIpc) is 2.89. The lowest BCUT2D eigenvalue weighted by Crippen LogP contribution is -2.20. The third kappa shape index (κ3) is 4.69. The molecular weight excluding hydrogens is 271 g/mol. The van der Waals surface area contributed by atoms with E-state index >= 15 is 0 Å². The summed E-state index contributed by atoms with van der Waals surface area (Å²) in [4.78, 5) is 4.61. The van der Waals surface area contributed by atoms with Crippen molar-refractivity contribution in [3.8, 4) is 0 Å². The Hall–Kier alpha value is -1.26. The first-order chi connectivity index (χ1) is 9.65. The van der Waals surface area contributed by atoms with Crippen LogP contribution in [0.25, 0.3) is 0 Å². The highest BCUT2D eigenvalue weighted by Crippen LogP contribution is 2.17. The highest BCUT2D eigenvalue weighted by Gasteiger charge is 2.05. The fraction of sp³-hybridized carbons (Fsp3) is 0.438. The summed E-state index contributed by atoms with van der Waals surface area (Å²) in [5.41, 5.74) is 2.35. The van der Waals surface area contributed by atoms with Crippen molar-refractivity contribution in [2.75, 3.05) is 13.1 Å². The summed E-state index contributed by atoms with van der Waals surface area (Å²) in [5.74, 6) is 0.331. The SMILES string of the molecule is CC(C)c1csc(CCNCCc2ccc(F)cc2)n1. The standard InChI is InChI=1S/C16H21FN2S/c1-12(2)15-11-20-16(19-15)8-10-18-9-7-13-3-5-14(17)6-4-13/h3-6,11-12,18H,7-10H2,1-2H3. The first kappa shape index (κ1) is 15.1. The van der Waals surface area contributed by atoms with Crippen molar-refractivity contribution in [2.24, 2.45) is 0 Å². The first-order valence-electron chi connectivity index (χ1n) is 7.04. The lowest BCUT2D eigenvalue weighted by Gasteiger charge is -2.04. The van der Waals surface area contributed by atoms with Crippen LogP contribution in [0.15, 0.2) is 29.6 Å². The van der Waals surface area contributed by atoms with Crippen LogP contribution in [0.1, 0.15) is 36.0 Å². The molecule has 0 aliphatic heterocycles. The molecule has 1 N–H and O–H groups in total. The van der Waals surface area contributed by atoms with Crippen LogP contribution in [0.2, 0.25) is 0 Å². The second kappa shape index (κ2) is 7.50. The average molecular weight is 292 g/mol. The van der Waals surface area contributed by atoms with Crippen LogP contribution in [-0.2, 0) is 12.8 Å². The Morgan fingerprint density at radius 2 is 1.85 bits per heavy atom. The Morgan fingerprint density at radius 3 is 2.50 bits per heavy atom. The van der Waals surface area contributed by atoms with E-state index in [9.17, 15) is 4.39 Å². The maximum Gasteiger partial charge on any atom is 0.123 e. The summed E-state index contributed by atoms with van der Waals surface area (Å²) in [6.45, 7) is 6.18. The van der Waals surface area contributed by atoms with E-state index in [4.69, 9.17) is 0 Å². The zero-order chi connectivity index (χ0) is 14.4. The van der Waals surface area contributed by atoms with Gasteiger partial charge in [0.2, 0.25) is 0 Å². The van der Waals surface area contributed by atoms with Gasteiger partial charge in [-0.3, -0.25) is 0 Å². The van der Waals surface area contributed by atoms with E-state index in [1.165, 1.54) is 22.8 Å². The molecule has 0 fully saturated rings. The van der Waals surface area contributed by atoms with Crippen LogP contribution in [0, 0.1) is 5.82 Å². The third-order valence-corrected chi connectivity index (χ3v) is 4.11. The summed E-state index contributed by atoms with van der Waals surface area (Å²) in [7, 11) is 0. The van der Waals surface area contributed by atoms with Gasteiger partial charge in [0.25, 0.3) is 0 Å². The zero-order valence-electron chi connectivity index (χ0n) is 12.0. The molecule has 1 aromatic heterocycles. The normalized spacial score (nSPS) is 11.2. The minimum atomic E-state index is -0.175. The van der Waals surface area contributed by atoms with Gasteiger partial charge in [0.1, 0.15) is 5.82 Å². The molecule has 2 aromatic rings. The molecule has 4 heteroatoms. The number of hydrogen-bond acceptors (Lipinski definition) is 3. The highest BCUT2D eigenvalue weighted by atomic mass is 32.1. The van der Waals surface area contributed by atoms with E-state index in [0.717, 1.165) is 31.5 Å². The van der Waals surface area contributed by atoms with Gasteiger partial charge in [0, 0.05) is 18.3 Å². The molecule has 1 heterocycles. The third-order valence-electron chi connectivity index (χ3n) is 3.18. The van der Waals surface area contributed by atoms with Crippen LogP contribution in [0.4, 0.5) is 4.39 Å². The molecule has 0 saturated carbocycles. The summed E-state index contributed by atoms with van der Waals surface area (Å²) < 4.78 is 12.8. The molecule has 1 aromatic carbocycles. The summed E-state index contributed by atoms with van der Waals surface area (Å²) >= 11 is 1.74. The van der Waals surface area contributed by atoms with Crippen molar-refractivity contribution in [1.29, 1.82) is 0 Å². The first-order valence-corrected chi connectivity index (χ1v) is 7.92. The maximum atomic E-state index is 12.8. The van der Waals surface area contributed by atoms with Gasteiger partial charge in [-0.2, -0.15) is 0 Å². The maximum absolute atomic E-state index is 12.8. The quantitative estimate of drug-likeness (QED) is 0.786. The van der Waals surface area contributed by atoms with Gasteiger partial charge >= 0.3 is 0 Å². The largest absolute Gasteiger partial charge is 0.316 e. The zero-order valence-corrected chi connectivity index (χ0v) is 12.8. The van der Waals surface area contributed by atoms with Gasteiger partial charge in [0.15, 0.2) is 0 Å². The number of rotatable bonds is 7. The summed E-state index contributed by atoms with van der Waals surface area (Å²) in [6.07, 6.45) is 1.90. The van der Waals surface area contributed by atoms with Crippen LogP contribution in [0.3, 0.4) is 0 Å². The minimum Gasteiger partial charge on any atom is -0.316 e. The van der Waals surface area contributed by atoms with Crippen molar-refractivity contribution in [2.45, 2.75) is 32.6 Å². The molecular formula is C16H21FN2S. The number of thiazole rings is 1. The fourth-order valence-electron chi connectivity index (χ4n) is 1.91. The number of aromatic nitrogens is 1. The predicted molar refractivity (Wildman–Crippen MR) is 82.9 cm³/mol. The molecule has 2 nitrogen and oxygen atoms in total. The number of benzene rings is 1. The van der Waals surface area contributed by atoms with Crippen molar-refractivity contribution in [3.63, 3.8) is 0 Å². The van der Waals surface area contributed by atoms with Crippen LogP contribution >= 0.6 is 11.3 Å². The molecule has 0 aliphatic carbocycles. The lowest BCUT2D eigenvalue weighted by molar-refractivity contribution is 0.626. The highest BCUT2D eigenvalue weighted by molar-refractivity contribution is 7.09. The van der Waals surface area contributed by atoms with Crippen LogP contribution < -0.4 is 5.32 Å². The van der Waals surface area contributed by atoms with Gasteiger partial charge in [0.05, 0.1) is 10.7 Å². The van der Waals surface area contributed by atoms with Gasteiger partial charge in [-0.05, 0) is 36.6 Å². The van der Waals surface area contributed by atoms with Crippen molar-refractivity contribution in [1.82, 2.24) is 10.3 Å². The monoisotopic (exact) mass is 292 g/mol. The second-order valence-corrected chi connectivity index (χ2v) is 6.14. The second-order valence-electron chi connectivity index (χ2n) is 5.20. The molecule has 20 heavy (non-hydrogen) atoms. The van der Waals surface area contributed by atoms with E-state index in [1.54, 1.807) is 11.3 Å². The molecule has 0 atom stereocenters. The Morgan fingerprint density at radius 1 is 1.15 bits per heavy atom. The van der Waals surface area contributed by atoms with E-state index in [1.807, 2.05) is 12.1 Å². The number of hydrogen-bond donors (Lipinski definition) is 1. The van der Waals surface area contributed by atoms with E-state index in [0.29, 0.717) is 5.92 Å². The number of nitrogens with zero attached hydrogens (tertiary/aromatic N) is 1. The Kier molecular flexibility index (Phi) is 5.68. The van der Waals surface area contributed by atoms with Crippen molar-refractivity contribution in [3.05, 3.63) is 51.7 Å². The topological polar surface area (TPSA) is 24.9 Å². The molecule has 0 radical (unpaired) electrons. The molecule has 0 bridgehead atoms. The number of nitrogens with one attached hydrogen (secondary N) is 1. The smallest absolute Gasteiger partial charge is 0.123 e. The van der Waals surface area contributed by atoms with Gasteiger partial charge < -0.3 is 5.32 Å². The van der Waals surface area contributed by atoms with Crippen molar-refractivity contribution < 1.29 is 4.39 Å². The molecule has 0 spiro atoms. The minimum absolute atomic E-state index is 0.175. The molecule has 108 valence electrons. The molecule has 0 aliphatic rings. The van der Waals surface area contributed by atoms with Crippen molar-refractivity contribution >= 4 is 11.3 Å². The summed E-state index contributed by atoms with van der Waals surface area (Å²) in [5, 5.41) is 6.76. The number of halogens is 1. The lowest BCUT2D eigenvalue weighted by atomic mass is 10.1. The van der Waals surface area contributed by atoms with E-state index < -0.39 is 0 Å². The Bertz CT molecular complexity index is 520. The fourth-order valence-corrected chi connectivity index (χ4v) is 2.87. The van der Waals surface area contributed by atoms with Gasteiger partial charge in [-0.25, -0.2) is 9.37 Å². The Balaban J connectivity index is 1.65. The molecule has 0 unspecified atom stereocenters. The Labute approximate surface area is 124 Å². The van der Waals surface area contributed by atoms with Crippen LogP contribution in [0.5, 0.6) is 0 Å². The van der Waals surface area contributed by atoms with Gasteiger partial charge in [-0.15, -0.1) is 11.3 Å². The molecule has 0 amide bonds. The predicted octanol–water partition coefficient (Wildman–Crippen LogP) is 3.78. The summed E-state index contributed by atoms with van der Waals surface area (Å²) in [6, 6.07) is 6.70. The van der Waals surface area contributed by atoms with Gasteiger partial charge in [-0.1, -0.05) is 26.0 Å². The molecule has 0 saturated heterocycles.